The Labute approximate surface area is 202 Å². The van der Waals surface area contributed by atoms with Gasteiger partial charge in [0.25, 0.3) is 0 Å². The van der Waals surface area contributed by atoms with Gasteiger partial charge in [0.15, 0.2) is 0 Å². The van der Waals surface area contributed by atoms with E-state index in [0.29, 0.717) is 29.3 Å². The van der Waals surface area contributed by atoms with Crippen molar-refractivity contribution in [2.45, 2.75) is 45.6 Å². The molecule has 4 rings (SSSR count). The van der Waals surface area contributed by atoms with E-state index in [-0.39, 0.29) is 6.61 Å². The fourth-order valence-corrected chi connectivity index (χ4v) is 3.51. The monoisotopic (exact) mass is 476 g/mol. The van der Waals surface area contributed by atoms with Gasteiger partial charge in [0.2, 0.25) is 0 Å². The van der Waals surface area contributed by atoms with Crippen molar-refractivity contribution in [3.05, 3.63) is 76.9 Å². The van der Waals surface area contributed by atoms with Gasteiger partial charge in [0, 0.05) is 24.1 Å². The minimum Gasteiger partial charge on any atom is -0.487 e. The third-order valence-electron chi connectivity index (χ3n) is 5.38. The predicted molar refractivity (Wildman–Crippen MR) is 131 cm³/mol. The first-order valence-corrected chi connectivity index (χ1v) is 11.7. The molecule has 0 aliphatic carbocycles. The Morgan fingerprint density at radius 3 is 2.60 bits per heavy atom. The lowest BCUT2D eigenvalue weighted by Crippen LogP contribution is -2.27. The topological polar surface area (TPSA) is 108 Å². The van der Waals surface area contributed by atoms with Gasteiger partial charge in [-0.05, 0) is 48.9 Å². The number of aromatic nitrogens is 3. The van der Waals surface area contributed by atoms with Crippen LogP contribution in [0.25, 0.3) is 16.7 Å². The number of fused-ring (bicyclic) bond motifs is 1. The van der Waals surface area contributed by atoms with Crippen molar-refractivity contribution < 1.29 is 18.7 Å². The third kappa shape index (κ3) is 6.92. The van der Waals surface area contributed by atoms with Crippen LogP contribution in [0.3, 0.4) is 0 Å². The molecule has 0 unspecified atom stereocenters. The molecule has 0 saturated carbocycles. The van der Waals surface area contributed by atoms with Gasteiger partial charge >= 0.3 is 11.7 Å². The van der Waals surface area contributed by atoms with E-state index >= 15 is 0 Å². The molecule has 9 nitrogen and oxygen atoms in total. The minimum atomic E-state index is -0.457. The summed E-state index contributed by atoms with van der Waals surface area (Å²) < 4.78 is 17.9. The molecule has 1 N–H and O–H groups in total. The predicted octanol–water partition coefficient (Wildman–Crippen LogP) is 5.01. The molecule has 2 aromatic carbocycles. The molecular weight excluding hydrogens is 448 g/mol. The molecule has 35 heavy (non-hydrogen) atoms. The second kappa shape index (κ2) is 11.8. The number of nitrogens with one attached hydrogen (secondary N) is 1. The Balaban J connectivity index is 1.27. The molecule has 0 aliphatic rings. The average Bonchev–Trinajstić information content (AvgIpc) is 3.34. The van der Waals surface area contributed by atoms with E-state index in [1.807, 2.05) is 6.07 Å². The van der Waals surface area contributed by atoms with Crippen molar-refractivity contribution in [2.75, 3.05) is 6.54 Å². The molecule has 0 atom stereocenters. The summed E-state index contributed by atoms with van der Waals surface area (Å²) in [7, 11) is 0. The van der Waals surface area contributed by atoms with Crippen molar-refractivity contribution in [2.24, 2.45) is 0 Å². The van der Waals surface area contributed by atoms with Gasteiger partial charge < -0.3 is 19.2 Å². The van der Waals surface area contributed by atoms with Crippen LogP contribution in [0.2, 0.25) is 0 Å². The fourth-order valence-electron chi connectivity index (χ4n) is 3.51. The maximum Gasteiger partial charge on any atom is 0.412 e. The number of unbranched alkanes of at least 4 members (excludes halogenated alkanes) is 4. The van der Waals surface area contributed by atoms with Crippen LogP contribution in [0.5, 0.6) is 11.5 Å². The summed E-state index contributed by atoms with van der Waals surface area (Å²) in [6, 6.07) is 15.4. The van der Waals surface area contributed by atoms with Crippen LogP contribution in [0.4, 0.5) is 4.79 Å². The number of benzene rings is 2. The van der Waals surface area contributed by atoms with Crippen molar-refractivity contribution in [3.63, 3.8) is 0 Å². The standard InChI is InChI=1S/C26H28N4O5/c1-2-3-4-5-6-15-27-26(32)34-22-12-9-21(10-13-22)30-17-20(28-29-30)18-33-23-11-7-19-8-14-25(31)35-24(19)16-23/h7-14,16-17H,2-6,15,18H2,1H3,(H,27,32). The van der Waals surface area contributed by atoms with Gasteiger partial charge in [-0.2, -0.15) is 0 Å². The number of hydrogen-bond acceptors (Lipinski definition) is 7. The Hall–Kier alpha value is -4.14. The first-order valence-electron chi connectivity index (χ1n) is 11.7. The first kappa shape index (κ1) is 24.0. The quantitative estimate of drug-likeness (QED) is 0.239. The number of carbonyl (C=O) groups is 1. The van der Waals surface area contributed by atoms with Gasteiger partial charge in [-0.1, -0.05) is 37.8 Å². The van der Waals surface area contributed by atoms with Gasteiger partial charge in [-0.3, -0.25) is 0 Å². The molecule has 2 heterocycles. The second-order valence-corrected chi connectivity index (χ2v) is 8.12. The minimum absolute atomic E-state index is 0.197. The summed E-state index contributed by atoms with van der Waals surface area (Å²) in [6.07, 6.45) is 6.96. The highest BCUT2D eigenvalue weighted by Gasteiger charge is 2.08. The van der Waals surface area contributed by atoms with Crippen LogP contribution in [0, 0.1) is 0 Å². The summed E-state index contributed by atoms with van der Waals surface area (Å²) in [5, 5.41) is 11.9. The summed E-state index contributed by atoms with van der Waals surface area (Å²) in [4.78, 5) is 23.4. The second-order valence-electron chi connectivity index (χ2n) is 8.12. The van der Waals surface area contributed by atoms with E-state index in [9.17, 15) is 9.59 Å². The number of amides is 1. The van der Waals surface area contributed by atoms with Gasteiger partial charge in [0.1, 0.15) is 29.4 Å². The maximum absolute atomic E-state index is 11.9. The van der Waals surface area contributed by atoms with E-state index < -0.39 is 11.7 Å². The highest BCUT2D eigenvalue weighted by atomic mass is 16.6. The van der Waals surface area contributed by atoms with E-state index in [1.54, 1.807) is 53.3 Å². The molecule has 0 bridgehead atoms. The van der Waals surface area contributed by atoms with E-state index in [1.165, 1.54) is 25.3 Å². The van der Waals surface area contributed by atoms with E-state index in [0.717, 1.165) is 23.9 Å². The van der Waals surface area contributed by atoms with Gasteiger partial charge in [-0.25, -0.2) is 14.3 Å². The number of nitrogens with zero attached hydrogens (tertiary/aromatic N) is 3. The Morgan fingerprint density at radius 1 is 1.00 bits per heavy atom. The smallest absolute Gasteiger partial charge is 0.412 e. The zero-order valence-electron chi connectivity index (χ0n) is 19.6. The summed E-state index contributed by atoms with van der Waals surface area (Å²) in [5.41, 5.74) is 1.44. The molecule has 2 aromatic heterocycles. The molecule has 1 amide bonds. The van der Waals surface area contributed by atoms with E-state index in [4.69, 9.17) is 13.9 Å². The Bertz CT molecular complexity index is 1310. The van der Waals surface area contributed by atoms with Crippen molar-refractivity contribution in [1.29, 1.82) is 0 Å². The number of hydrogen-bond donors (Lipinski definition) is 1. The lowest BCUT2D eigenvalue weighted by atomic mass is 10.1. The van der Waals surface area contributed by atoms with Gasteiger partial charge in [0.05, 0.1) is 11.9 Å². The molecule has 0 fully saturated rings. The molecule has 182 valence electrons. The first-order chi connectivity index (χ1) is 17.1. The van der Waals surface area contributed by atoms with Gasteiger partial charge in [-0.15, -0.1) is 5.10 Å². The highest BCUT2D eigenvalue weighted by molar-refractivity contribution is 5.77. The molecular formula is C26H28N4O5. The number of rotatable bonds is 11. The van der Waals surface area contributed by atoms with Crippen LogP contribution in [-0.2, 0) is 6.61 Å². The lowest BCUT2D eigenvalue weighted by Gasteiger charge is -2.07. The lowest BCUT2D eigenvalue weighted by molar-refractivity contribution is 0.200. The number of ether oxygens (including phenoxy) is 2. The van der Waals surface area contributed by atoms with E-state index in [2.05, 4.69) is 22.6 Å². The molecule has 0 radical (unpaired) electrons. The van der Waals surface area contributed by atoms with Crippen molar-refractivity contribution in [3.8, 4) is 17.2 Å². The highest BCUT2D eigenvalue weighted by Crippen LogP contribution is 2.20. The van der Waals surface area contributed by atoms with Crippen LogP contribution in [0.15, 0.2) is 70.0 Å². The normalized spacial score (nSPS) is 10.9. The van der Waals surface area contributed by atoms with Crippen LogP contribution in [0.1, 0.15) is 44.7 Å². The SMILES string of the molecule is CCCCCCCNC(=O)Oc1ccc(-n2cc(COc3ccc4ccc(=O)oc4c3)nn2)cc1. The zero-order valence-corrected chi connectivity index (χ0v) is 19.6. The molecule has 0 aliphatic heterocycles. The zero-order chi connectivity index (χ0) is 24.5. The van der Waals surface area contributed by atoms with Crippen LogP contribution >= 0.6 is 0 Å². The van der Waals surface area contributed by atoms with Crippen molar-refractivity contribution in [1.82, 2.24) is 20.3 Å². The van der Waals surface area contributed by atoms with Crippen LogP contribution < -0.4 is 20.4 Å². The fraction of sp³-hybridized carbons (Fsp3) is 0.308. The molecule has 0 saturated heterocycles. The average molecular weight is 477 g/mol. The van der Waals surface area contributed by atoms with Crippen LogP contribution in [-0.4, -0.2) is 27.6 Å². The largest absolute Gasteiger partial charge is 0.487 e. The maximum atomic E-state index is 11.9. The number of carbonyl (C=O) groups excluding carboxylic acids is 1. The summed E-state index contributed by atoms with van der Waals surface area (Å²) in [6.45, 7) is 2.98. The Morgan fingerprint density at radius 2 is 1.77 bits per heavy atom. The Kier molecular flexibility index (Phi) is 8.11. The molecule has 0 spiro atoms. The van der Waals surface area contributed by atoms with Crippen molar-refractivity contribution >= 4 is 17.1 Å². The molecule has 9 heteroatoms. The third-order valence-corrected chi connectivity index (χ3v) is 5.38. The molecule has 4 aromatic rings. The summed E-state index contributed by atoms with van der Waals surface area (Å²) >= 11 is 0. The summed E-state index contributed by atoms with van der Waals surface area (Å²) in [5.74, 6) is 1.01.